The van der Waals surface area contributed by atoms with Crippen LogP contribution in [0.1, 0.15) is 5.56 Å². The summed E-state index contributed by atoms with van der Waals surface area (Å²) in [6.45, 7) is 2.06. The third kappa shape index (κ3) is 1.82. The van der Waals surface area contributed by atoms with E-state index in [9.17, 15) is 0 Å². The van der Waals surface area contributed by atoms with Crippen LogP contribution >= 0.6 is 0 Å². The zero-order valence-electron chi connectivity index (χ0n) is 10.3. The number of hydrogen-bond acceptors (Lipinski definition) is 3. The Kier molecular flexibility index (Phi) is 2.48. The van der Waals surface area contributed by atoms with Gasteiger partial charge in [-0.05, 0) is 13.0 Å². The van der Waals surface area contributed by atoms with Crippen LogP contribution in [-0.4, -0.2) is 21.7 Å². The Morgan fingerprint density at radius 1 is 1.11 bits per heavy atom. The predicted molar refractivity (Wildman–Crippen MR) is 69.7 cm³/mol. The number of fused-ring (bicyclic) bond motifs is 1. The van der Waals surface area contributed by atoms with E-state index in [2.05, 4.69) is 29.1 Å². The van der Waals surface area contributed by atoms with Crippen molar-refractivity contribution in [2.24, 2.45) is 0 Å². The second kappa shape index (κ2) is 4.14. The SMILES string of the molecule is COc1ccn2nc(-c3ccc(C)cc3)nc2c1. The fourth-order valence-electron chi connectivity index (χ4n) is 1.81. The van der Waals surface area contributed by atoms with E-state index in [4.69, 9.17) is 4.74 Å². The molecule has 3 aromatic rings. The highest BCUT2D eigenvalue weighted by atomic mass is 16.5. The van der Waals surface area contributed by atoms with Crippen molar-refractivity contribution < 1.29 is 4.74 Å². The normalized spacial score (nSPS) is 10.8. The van der Waals surface area contributed by atoms with Gasteiger partial charge in [-0.1, -0.05) is 29.8 Å². The third-order valence-corrected chi connectivity index (χ3v) is 2.85. The van der Waals surface area contributed by atoms with E-state index < -0.39 is 0 Å². The van der Waals surface area contributed by atoms with Gasteiger partial charge in [-0.2, -0.15) is 0 Å². The van der Waals surface area contributed by atoms with Gasteiger partial charge in [0.1, 0.15) is 5.75 Å². The molecule has 2 aromatic heterocycles. The number of hydrogen-bond donors (Lipinski definition) is 0. The van der Waals surface area contributed by atoms with Gasteiger partial charge in [-0.15, -0.1) is 5.10 Å². The van der Waals surface area contributed by atoms with Crippen molar-refractivity contribution >= 4 is 5.65 Å². The summed E-state index contributed by atoms with van der Waals surface area (Å²) < 4.78 is 6.92. The quantitative estimate of drug-likeness (QED) is 0.690. The van der Waals surface area contributed by atoms with Crippen LogP contribution in [0.3, 0.4) is 0 Å². The van der Waals surface area contributed by atoms with Crippen molar-refractivity contribution in [1.82, 2.24) is 14.6 Å². The zero-order chi connectivity index (χ0) is 12.5. The van der Waals surface area contributed by atoms with Crippen molar-refractivity contribution in [3.63, 3.8) is 0 Å². The Bertz CT molecular complexity index is 686. The fraction of sp³-hybridized carbons (Fsp3) is 0.143. The molecule has 4 heteroatoms. The monoisotopic (exact) mass is 239 g/mol. The van der Waals surface area contributed by atoms with Gasteiger partial charge in [0.15, 0.2) is 11.5 Å². The summed E-state index contributed by atoms with van der Waals surface area (Å²) >= 11 is 0. The van der Waals surface area contributed by atoms with Crippen LogP contribution < -0.4 is 4.74 Å². The molecule has 0 bridgehead atoms. The summed E-state index contributed by atoms with van der Waals surface area (Å²) in [5.74, 6) is 1.51. The first-order chi connectivity index (χ1) is 8.76. The second-order valence-electron chi connectivity index (χ2n) is 4.17. The Hall–Kier alpha value is -2.36. The highest BCUT2D eigenvalue weighted by Gasteiger charge is 2.06. The van der Waals surface area contributed by atoms with Gasteiger partial charge in [0, 0.05) is 17.8 Å². The lowest BCUT2D eigenvalue weighted by molar-refractivity contribution is 0.414. The van der Waals surface area contributed by atoms with Gasteiger partial charge < -0.3 is 4.74 Å². The molecule has 0 aliphatic rings. The van der Waals surface area contributed by atoms with Crippen molar-refractivity contribution in [2.45, 2.75) is 6.92 Å². The summed E-state index contributed by atoms with van der Waals surface area (Å²) in [6, 6.07) is 11.9. The van der Waals surface area contributed by atoms with E-state index in [0.717, 1.165) is 22.8 Å². The molecule has 2 heterocycles. The molecule has 0 saturated carbocycles. The van der Waals surface area contributed by atoms with Crippen LogP contribution in [0, 0.1) is 6.92 Å². The molecule has 0 spiro atoms. The van der Waals surface area contributed by atoms with E-state index in [0.29, 0.717) is 0 Å². The Morgan fingerprint density at radius 3 is 2.61 bits per heavy atom. The minimum Gasteiger partial charge on any atom is -0.497 e. The average Bonchev–Trinajstić information content (AvgIpc) is 2.82. The maximum absolute atomic E-state index is 5.17. The molecule has 0 fully saturated rings. The van der Waals surface area contributed by atoms with Crippen LogP contribution in [0.15, 0.2) is 42.6 Å². The third-order valence-electron chi connectivity index (χ3n) is 2.85. The maximum atomic E-state index is 5.17. The van der Waals surface area contributed by atoms with E-state index >= 15 is 0 Å². The van der Waals surface area contributed by atoms with Crippen LogP contribution in [0.4, 0.5) is 0 Å². The molecule has 18 heavy (non-hydrogen) atoms. The Morgan fingerprint density at radius 2 is 1.89 bits per heavy atom. The lowest BCUT2D eigenvalue weighted by atomic mass is 10.1. The summed E-state index contributed by atoms with van der Waals surface area (Å²) in [7, 11) is 1.64. The molecule has 3 rings (SSSR count). The lowest BCUT2D eigenvalue weighted by Gasteiger charge is -1.97. The molecule has 0 aliphatic heterocycles. The molecule has 0 aliphatic carbocycles. The number of benzene rings is 1. The number of pyridine rings is 1. The number of ether oxygens (including phenoxy) is 1. The molecule has 0 N–H and O–H groups in total. The fourth-order valence-corrected chi connectivity index (χ4v) is 1.81. The van der Waals surface area contributed by atoms with Crippen molar-refractivity contribution in [1.29, 1.82) is 0 Å². The summed E-state index contributed by atoms with van der Waals surface area (Å²) in [5.41, 5.74) is 3.03. The van der Waals surface area contributed by atoms with Crippen LogP contribution in [0.5, 0.6) is 5.75 Å². The van der Waals surface area contributed by atoms with E-state index in [1.807, 2.05) is 30.5 Å². The van der Waals surface area contributed by atoms with Gasteiger partial charge in [0.25, 0.3) is 0 Å². The van der Waals surface area contributed by atoms with Gasteiger partial charge in [0.2, 0.25) is 0 Å². The van der Waals surface area contributed by atoms with Crippen molar-refractivity contribution in [3.05, 3.63) is 48.2 Å². The Balaban J connectivity index is 2.10. The first-order valence-corrected chi connectivity index (χ1v) is 5.74. The summed E-state index contributed by atoms with van der Waals surface area (Å²) in [6.07, 6.45) is 1.85. The minimum atomic E-state index is 0.725. The Labute approximate surface area is 105 Å². The number of aromatic nitrogens is 3. The van der Waals surface area contributed by atoms with Crippen LogP contribution in [0.25, 0.3) is 17.0 Å². The van der Waals surface area contributed by atoms with Gasteiger partial charge in [0.05, 0.1) is 7.11 Å². The van der Waals surface area contributed by atoms with E-state index in [-0.39, 0.29) is 0 Å². The zero-order valence-corrected chi connectivity index (χ0v) is 10.3. The molecular formula is C14H13N3O. The minimum absolute atomic E-state index is 0.725. The molecule has 1 aromatic carbocycles. The number of aryl methyl sites for hydroxylation is 1. The predicted octanol–water partition coefficient (Wildman–Crippen LogP) is 2.71. The van der Waals surface area contributed by atoms with E-state index in [1.165, 1.54) is 5.56 Å². The largest absolute Gasteiger partial charge is 0.497 e. The van der Waals surface area contributed by atoms with Crippen LogP contribution in [-0.2, 0) is 0 Å². The highest BCUT2D eigenvalue weighted by Crippen LogP contribution is 2.19. The number of methoxy groups -OCH3 is 1. The topological polar surface area (TPSA) is 39.4 Å². The van der Waals surface area contributed by atoms with E-state index in [1.54, 1.807) is 11.6 Å². The molecule has 4 nitrogen and oxygen atoms in total. The molecular weight excluding hydrogens is 226 g/mol. The molecule has 0 amide bonds. The van der Waals surface area contributed by atoms with Gasteiger partial charge in [-0.3, -0.25) is 0 Å². The number of rotatable bonds is 2. The highest BCUT2D eigenvalue weighted by molar-refractivity contribution is 5.59. The van der Waals surface area contributed by atoms with Gasteiger partial charge in [-0.25, -0.2) is 9.50 Å². The smallest absolute Gasteiger partial charge is 0.182 e. The van der Waals surface area contributed by atoms with Crippen molar-refractivity contribution in [2.75, 3.05) is 7.11 Å². The molecule has 90 valence electrons. The summed E-state index contributed by atoms with van der Waals surface area (Å²) in [4.78, 5) is 4.49. The second-order valence-corrected chi connectivity index (χ2v) is 4.17. The first kappa shape index (κ1) is 10.8. The standard InChI is InChI=1S/C14H13N3O/c1-10-3-5-11(6-4-10)14-15-13-9-12(18-2)7-8-17(13)16-14/h3-9H,1-2H3. The van der Waals surface area contributed by atoms with Crippen molar-refractivity contribution in [3.8, 4) is 17.1 Å². The molecule has 0 radical (unpaired) electrons. The first-order valence-electron chi connectivity index (χ1n) is 5.74. The van der Waals surface area contributed by atoms with Crippen LogP contribution in [0.2, 0.25) is 0 Å². The number of nitrogens with zero attached hydrogens (tertiary/aromatic N) is 3. The average molecular weight is 239 g/mol. The molecule has 0 atom stereocenters. The summed E-state index contributed by atoms with van der Waals surface area (Å²) in [5, 5.41) is 4.44. The van der Waals surface area contributed by atoms with Gasteiger partial charge >= 0.3 is 0 Å². The molecule has 0 saturated heterocycles. The molecule has 0 unspecified atom stereocenters. The maximum Gasteiger partial charge on any atom is 0.182 e. The lowest BCUT2D eigenvalue weighted by Crippen LogP contribution is -1.88.